The molecule has 0 saturated carbocycles. The first kappa shape index (κ1) is 10.9. The first-order valence-corrected chi connectivity index (χ1v) is 4.90. The van der Waals surface area contributed by atoms with Crippen LogP contribution in [0.4, 0.5) is 0 Å². The Labute approximate surface area is 84.7 Å². The smallest absolute Gasteiger partial charge is 0.140 e. The summed E-state index contributed by atoms with van der Waals surface area (Å²) in [6.07, 6.45) is 6.90. The summed E-state index contributed by atoms with van der Waals surface area (Å²) in [5.74, 6) is -0.475. The van der Waals surface area contributed by atoms with Crippen molar-refractivity contribution in [2.24, 2.45) is 11.8 Å². The van der Waals surface area contributed by atoms with E-state index >= 15 is 0 Å². The van der Waals surface area contributed by atoms with E-state index in [0.717, 1.165) is 6.42 Å². The maximum atomic E-state index is 11.3. The second-order valence-electron chi connectivity index (χ2n) is 3.86. The van der Waals surface area contributed by atoms with E-state index in [1.807, 2.05) is 25.2 Å². The standard InChI is InChI=1S/C12H16O2/c1-8(11-6-4-5-7-11)12(9(2)13)10(3)14/h4-6,8,12H,7H2,1-3H3. The molecule has 0 aliphatic heterocycles. The van der Waals surface area contributed by atoms with Crippen LogP contribution in [-0.4, -0.2) is 11.6 Å². The van der Waals surface area contributed by atoms with Crippen LogP contribution in [0.1, 0.15) is 27.2 Å². The Balaban J connectivity index is 2.79. The summed E-state index contributed by atoms with van der Waals surface area (Å²) in [5, 5.41) is 0. The van der Waals surface area contributed by atoms with Crippen LogP contribution in [0.5, 0.6) is 0 Å². The van der Waals surface area contributed by atoms with Gasteiger partial charge in [-0.2, -0.15) is 0 Å². The lowest BCUT2D eigenvalue weighted by molar-refractivity contribution is -0.131. The quantitative estimate of drug-likeness (QED) is 0.640. The zero-order valence-corrected chi connectivity index (χ0v) is 8.91. The van der Waals surface area contributed by atoms with Crippen molar-refractivity contribution in [3.8, 4) is 0 Å². The van der Waals surface area contributed by atoms with Crippen LogP contribution in [0.25, 0.3) is 0 Å². The van der Waals surface area contributed by atoms with Crippen LogP contribution < -0.4 is 0 Å². The molecule has 1 atom stereocenters. The summed E-state index contributed by atoms with van der Waals surface area (Å²) in [7, 11) is 0. The predicted octanol–water partition coefficient (Wildman–Crippen LogP) is 2.30. The molecule has 14 heavy (non-hydrogen) atoms. The second kappa shape index (κ2) is 4.36. The van der Waals surface area contributed by atoms with Crippen molar-refractivity contribution < 1.29 is 9.59 Å². The Kier molecular flexibility index (Phi) is 3.39. The molecular formula is C12H16O2. The van der Waals surface area contributed by atoms with Gasteiger partial charge >= 0.3 is 0 Å². The van der Waals surface area contributed by atoms with Gasteiger partial charge in [-0.1, -0.05) is 30.7 Å². The van der Waals surface area contributed by atoms with E-state index in [9.17, 15) is 9.59 Å². The van der Waals surface area contributed by atoms with Crippen LogP contribution in [0.2, 0.25) is 0 Å². The molecule has 0 aromatic heterocycles. The lowest BCUT2D eigenvalue weighted by Gasteiger charge is -2.20. The summed E-state index contributed by atoms with van der Waals surface area (Å²) >= 11 is 0. The van der Waals surface area contributed by atoms with Crippen molar-refractivity contribution in [1.82, 2.24) is 0 Å². The average molecular weight is 192 g/mol. The van der Waals surface area contributed by atoms with Gasteiger partial charge in [0, 0.05) is 0 Å². The fourth-order valence-corrected chi connectivity index (χ4v) is 2.01. The summed E-state index contributed by atoms with van der Waals surface area (Å²) in [4.78, 5) is 22.6. The third-order valence-corrected chi connectivity index (χ3v) is 2.76. The van der Waals surface area contributed by atoms with Gasteiger partial charge in [0.15, 0.2) is 0 Å². The van der Waals surface area contributed by atoms with Crippen molar-refractivity contribution in [1.29, 1.82) is 0 Å². The zero-order valence-electron chi connectivity index (χ0n) is 8.91. The topological polar surface area (TPSA) is 34.1 Å². The van der Waals surface area contributed by atoms with Crippen molar-refractivity contribution in [2.45, 2.75) is 27.2 Å². The molecule has 0 radical (unpaired) electrons. The van der Waals surface area contributed by atoms with Gasteiger partial charge < -0.3 is 0 Å². The van der Waals surface area contributed by atoms with E-state index in [0.29, 0.717) is 0 Å². The molecule has 1 unspecified atom stereocenters. The maximum absolute atomic E-state index is 11.3. The number of hydrogen-bond acceptors (Lipinski definition) is 2. The van der Waals surface area contributed by atoms with Crippen molar-refractivity contribution >= 4 is 11.6 Å². The second-order valence-corrected chi connectivity index (χ2v) is 3.86. The number of hydrogen-bond donors (Lipinski definition) is 0. The molecule has 0 aromatic carbocycles. The molecule has 76 valence electrons. The van der Waals surface area contributed by atoms with Gasteiger partial charge in [-0.05, 0) is 26.2 Å². The van der Waals surface area contributed by atoms with E-state index < -0.39 is 5.92 Å². The lowest BCUT2D eigenvalue weighted by Crippen LogP contribution is -2.27. The molecule has 2 heteroatoms. The molecule has 0 heterocycles. The first-order valence-electron chi connectivity index (χ1n) is 4.90. The SMILES string of the molecule is CC(=O)C(C(C)=O)C(C)C1=CC=CC1. The third-order valence-electron chi connectivity index (χ3n) is 2.76. The van der Waals surface area contributed by atoms with E-state index in [2.05, 4.69) is 0 Å². The molecule has 0 bridgehead atoms. The van der Waals surface area contributed by atoms with Gasteiger partial charge in [0.05, 0.1) is 5.92 Å². The minimum Gasteiger partial charge on any atom is -0.299 e. The van der Waals surface area contributed by atoms with Crippen molar-refractivity contribution in [2.75, 3.05) is 0 Å². The van der Waals surface area contributed by atoms with Gasteiger partial charge in [-0.3, -0.25) is 9.59 Å². The molecular weight excluding hydrogens is 176 g/mol. The minimum absolute atomic E-state index is 0.0298. The Morgan fingerprint density at radius 1 is 1.29 bits per heavy atom. The fraction of sp³-hybridized carbons (Fsp3) is 0.500. The van der Waals surface area contributed by atoms with Crippen LogP contribution in [0, 0.1) is 11.8 Å². The molecule has 2 nitrogen and oxygen atoms in total. The van der Waals surface area contributed by atoms with Gasteiger partial charge in [0.2, 0.25) is 0 Å². The number of allylic oxidation sites excluding steroid dienone is 4. The van der Waals surface area contributed by atoms with E-state index in [1.165, 1.54) is 19.4 Å². The highest BCUT2D eigenvalue weighted by Gasteiger charge is 2.28. The summed E-state index contributed by atoms with van der Waals surface area (Å²) in [6.45, 7) is 4.93. The number of ketones is 2. The van der Waals surface area contributed by atoms with Crippen LogP contribution in [0.3, 0.4) is 0 Å². The molecule has 0 aromatic rings. The molecule has 1 rings (SSSR count). The number of rotatable bonds is 4. The number of carbonyl (C=O) groups excluding carboxylic acids is 2. The summed E-state index contributed by atoms with van der Waals surface area (Å²) in [6, 6.07) is 0. The lowest BCUT2D eigenvalue weighted by atomic mass is 9.82. The van der Waals surface area contributed by atoms with Gasteiger partial charge in [-0.25, -0.2) is 0 Å². The third kappa shape index (κ3) is 2.19. The molecule has 0 N–H and O–H groups in total. The van der Waals surface area contributed by atoms with Gasteiger partial charge in [-0.15, -0.1) is 0 Å². The van der Waals surface area contributed by atoms with Crippen LogP contribution >= 0.6 is 0 Å². The van der Waals surface area contributed by atoms with E-state index in [4.69, 9.17) is 0 Å². The summed E-state index contributed by atoms with van der Waals surface area (Å²) < 4.78 is 0. The normalized spacial score (nSPS) is 17.0. The Morgan fingerprint density at radius 3 is 2.21 bits per heavy atom. The molecule has 0 saturated heterocycles. The largest absolute Gasteiger partial charge is 0.299 e. The van der Waals surface area contributed by atoms with Crippen LogP contribution in [-0.2, 0) is 9.59 Å². The monoisotopic (exact) mass is 192 g/mol. The molecule has 1 aliphatic carbocycles. The Bertz CT molecular complexity index is 296. The highest BCUT2D eigenvalue weighted by molar-refractivity contribution is 6.00. The number of carbonyl (C=O) groups is 2. The highest BCUT2D eigenvalue weighted by atomic mass is 16.1. The van der Waals surface area contributed by atoms with Gasteiger partial charge in [0.1, 0.15) is 11.6 Å². The molecule has 0 spiro atoms. The predicted molar refractivity (Wildman–Crippen MR) is 55.9 cm³/mol. The highest BCUT2D eigenvalue weighted by Crippen LogP contribution is 2.27. The fourth-order valence-electron chi connectivity index (χ4n) is 2.01. The number of Topliss-reactive ketones (excluding diaryl/α,β-unsaturated/α-hetero) is 2. The molecule has 1 aliphatic rings. The molecule has 0 fully saturated rings. The Hall–Kier alpha value is -1.18. The van der Waals surface area contributed by atoms with E-state index in [1.54, 1.807) is 0 Å². The molecule has 0 amide bonds. The van der Waals surface area contributed by atoms with E-state index in [-0.39, 0.29) is 17.5 Å². The van der Waals surface area contributed by atoms with Crippen molar-refractivity contribution in [3.05, 3.63) is 23.8 Å². The van der Waals surface area contributed by atoms with Crippen LogP contribution in [0.15, 0.2) is 23.8 Å². The zero-order chi connectivity index (χ0) is 10.7. The van der Waals surface area contributed by atoms with Gasteiger partial charge in [0.25, 0.3) is 0 Å². The summed E-state index contributed by atoms with van der Waals surface area (Å²) in [5.41, 5.74) is 1.18. The maximum Gasteiger partial charge on any atom is 0.140 e. The minimum atomic E-state index is -0.457. The average Bonchev–Trinajstić information content (AvgIpc) is 2.53. The first-order chi connectivity index (χ1) is 6.54. The van der Waals surface area contributed by atoms with Crippen molar-refractivity contribution in [3.63, 3.8) is 0 Å². The Morgan fingerprint density at radius 2 is 1.86 bits per heavy atom.